The van der Waals surface area contributed by atoms with E-state index in [0.717, 1.165) is 23.2 Å². The summed E-state index contributed by atoms with van der Waals surface area (Å²) in [4.78, 5) is 4.32. The monoisotopic (exact) mass is 359 g/mol. The van der Waals surface area contributed by atoms with Crippen molar-refractivity contribution in [1.82, 2.24) is 20.2 Å². The van der Waals surface area contributed by atoms with Crippen molar-refractivity contribution in [3.05, 3.63) is 59.8 Å². The minimum Gasteiger partial charge on any atom is -0.286 e. The highest BCUT2D eigenvalue weighted by atomic mass is 19.3. The Labute approximate surface area is 147 Å². The molecule has 0 aliphatic carbocycles. The number of halogens is 3. The van der Waals surface area contributed by atoms with E-state index < -0.39 is 17.8 Å². The van der Waals surface area contributed by atoms with E-state index in [1.54, 1.807) is 29.3 Å². The van der Waals surface area contributed by atoms with Crippen LogP contribution in [0, 0.1) is 5.82 Å². The minimum absolute atomic E-state index is 0.466. The van der Waals surface area contributed by atoms with Crippen LogP contribution in [0.1, 0.15) is 18.9 Å². The Morgan fingerprint density at radius 3 is 2.85 bits per heavy atom. The molecule has 2 heterocycles. The Morgan fingerprint density at radius 1 is 1.31 bits per heavy atom. The third-order valence-corrected chi connectivity index (χ3v) is 3.86. The highest BCUT2D eigenvalue weighted by molar-refractivity contribution is 5.80. The third-order valence-electron chi connectivity index (χ3n) is 3.86. The number of alkyl halides is 2. The van der Waals surface area contributed by atoms with Crippen LogP contribution < -0.4 is 5.43 Å². The van der Waals surface area contributed by atoms with Gasteiger partial charge in [-0.25, -0.2) is 13.2 Å². The first-order valence-electron chi connectivity index (χ1n) is 7.76. The molecule has 0 aliphatic heterocycles. The number of rotatable bonds is 6. The molecule has 0 amide bonds. The number of benzene rings is 1. The van der Waals surface area contributed by atoms with E-state index in [1.807, 2.05) is 6.92 Å². The van der Waals surface area contributed by atoms with Crippen LogP contribution in [0.2, 0.25) is 0 Å². The number of nitrogens with zero attached hydrogens (tertiary/aromatic N) is 4. The molecule has 1 N–H and O–H groups in total. The van der Waals surface area contributed by atoms with Gasteiger partial charge < -0.3 is 0 Å². The number of pyridine rings is 1. The predicted octanol–water partition coefficient (Wildman–Crippen LogP) is 4.28. The van der Waals surface area contributed by atoms with Crippen LogP contribution in [0.3, 0.4) is 0 Å². The molecular formula is C18H16F3N5. The molecule has 0 saturated carbocycles. The lowest BCUT2D eigenvalue weighted by Crippen LogP contribution is -2.04. The summed E-state index contributed by atoms with van der Waals surface area (Å²) in [5.74, 6) is -0.924. The number of fused-ring (bicyclic) bond motifs is 1. The first kappa shape index (κ1) is 17.7. The number of hydrazone groups is 1. The standard InChI is InChI=1S/C18H16F3N5/c1-11(7-24-22-2)10-26-17-6-13(8-23-16(17)9-25-26)12-3-4-15(19)14(5-12)18(20)21/h3-9,18,24H,2,10H2,1H3/b11-7+. The van der Waals surface area contributed by atoms with Gasteiger partial charge in [0.15, 0.2) is 0 Å². The van der Waals surface area contributed by atoms with E-state index >= 15 is 0 Å². The number of hydrogen-bond acceptors (Lipinski definition) is 4. The second-order valence-corrected chi connectivity index (χ2v) is 5.75. The second kappa shape index (κ2) is 7.38. The molecule has 2 aromatic heterocycles. The maximum absolute atomic E-state index is 13.5. The lowest BCUT2D eigenvalue weighted by atomic mass is 10.0. The quantitative estimate of drug-likeness (QED) is 0.528. The van der Waals surface area contributed by atoms with E-state index in [2.05, 4.69) is 27.3 Å². The van der Waals surface area contributed by atoms with Crippen molar-refractivity contribution in [1.29, 1.82) is 0 Å². The van der Waals surface area contributed by atoms with Gasteiger partial charge >= 0.3 is 0 Å². The first-order chi connectivity index (χ1) is 12.5. The predicted molar refractivity (Wildman–Crippen MR) is 94.3 cm³/mol. The zero-order chi connectivity index (χ0) is 18.7. The van der Waals surface area contributed by atoms with Gasteiger partial charge in [0, 0.05) is 24.7 Å². The fourth-order valence-electron chi connectivity index (χ4n) is 2.57. The number of hydrogen-bond donors (Lipinski definition) is 1. The average Bonchev–Trinajstić information content (AvgIpc) is 3.02. The van der Waals surface area contributed by atoms with Gasteiger partial charge in [-0.05, 0) is 36.3 Å². The molecule has 3 aromatic rings. The molecule has 0 bridgehead atoms. The van der Waals surface area contributed by atoms with Gasteiger partial charge in [-0.3, -0.25) is 15.1 Å². The zero-order valence-electron chi connectivity index (χ0n) is 14.0. The van der Waals surface area contributed by atoms with Crippen LogP contribution in [0.15, 0.2) is 53.5 Å². The zero-order valence-corrected chi connectivity index (χ0v) is 14.0. The van der Waals surface area contributed by atoms with Gasteiger partial charge in [0.2, 0.25) is 0 Å². The Morgan fingerprint density at radius 2 is 2.12 bits per heavy atom. The van der Waals surface area contributed by atoms with Crippen LogP contribution in [-0.2, 0) is 6.54 Å². The molecule has 134 valence electrons. The normalized spacial score (nSPS) is 12.0. The molecule has 3 rings (SSSR count). The average molecular weight is 359 g/mol. The molecule has 26 heavy (non-hydrogen) atoms. The van der Waals surface area contributed by atoms with Crippen LogP contribution in [0.25, 0.3) is 22.2 Å². The summed E-state index contributed by atoms with van der Waals surface area (Å²) < 4.78 is 41.1. The Balaban J connectivity index is 2.00. The van der Waals surface area contributed by atoms with Gasteiger partial charge in [-0.2, -0.15) is 10.2 Å². The molecule has 1 aromatic carbocycles. The minimum atomic E-state index is -2.88. The molecule has 0 aliphatic rings. The molecule has 0 saturated heterocycles. The summed E-state index contributed by atoms with van der Waals surface area (Å²) in [5.41, 5.74) is 5.47. The lowest BCUT2D eigenvalue weighted by molar-refractivity contribution is 0.146. The fraction of sp³-hybridized carbons (Fsp3) is 0.167. The van der Waals surface area contributed by atoms with E-state index in [9.17, 15) is 13.2 Å². The van der Waals surface area contributed by atoms with Gasteiger partial charge in [0.25, 0.3) is 6.43 Å². The molecule has 0 fully saturated rings. The summed E-state index contributed by atoms with van der Waals surface area (Å²) in [6.07, 6.45) is 2.01. The van der Waals surface area contributed by atoms with Crippen molar-refractivity contribution in [2.24, 2.45) is 5.10 Å². The van der Waals surface area contributed by atoms with Crippen LogP contribution >= 0.6 is 0 Å². The summed E-state index contributed by atoms with van der Waals surface area (Å²) in [6, 6.07) is 5.44. The van der Waals surface area contributed by atoms with Crippen LogP contribution in [0.4, 0.5) is 13.2 Å². The maximum Gasteiger partial charge on any atom is 0.266 e. The molecule has 8 heteroatoms. The summed E-state index contributed by atoms with van der Waals surface area (Å²) in [5, 5.41) is 7.84. The molecule has 0 radical (unpaired) electrons. The summed E-state index contributed by atoms with van der Waals surface area (Å²) in [6.45, 7) is 5.72. The van der Waals surface area contributed by atoms with Gasteiger partial charge in [0.1, 0.15) is 11.3 Å². The molecule has 0 spiro atoms. The van der Waals surface area contributed by atoms with Crippen molar-refractivity contribution in [3.8, 4) is 11.1 Å². The maximum atomic E-state index is 13.5. The van der Waals surface area contributed by atoms with E-state index in [4.69, 9.17) is 0 Å². The Bertz CT molecular complexity index is 978. The Hall–Kier alpha value is -3.16. The smallest absolute Gasteiger partial charge is 0.266 e. The Kier molecular flexibility index (Phi) is 5.01. The first-order valence-corrected chi connectivity index (χ1v) is 7.76. The fourth-order valence-corrected chi connectivity index (χ4v) is 2.57. The molecule has 0 unspecified atom stereocenters. The van der Waals surface area contributed by atoms with E-state index in [0.29, 0.717) is 23.2 Å². The summed E-state index contributed by atoms with van der Waals surface area (Å²) in [7, 11) is 0. The third kappa shape index (κ3) is 3.58. The van der Waals surface area contributed by atoms with E-state index in [1.165, 1.54) is 6.07 Å². The number of allylic oxidation sites excluding steroid dienone is 1. The topological polar surface area (TPSA) is 55.1 Å². The number of nitrogens with one attached hydrogen (secondary N) is 1. The number of aromatic nitrogens is 3. The summed E-state index contributed by atoms with van der Waals surface area (Å²) >= 11 is 0. The molecule has 0 atom stereocenters. The van der Waals surface area contributed by atoms with Gasteiger partial charge in [0.05, 0.1) is 23.8 Å². The largest absolute Gasteiger partial charge is 0.286 e. The van der Waals surface area contributed by atoms with Gasteiger partial charge in [-0.15, -0.1) is 0 Å². The SMILES string of the molecule is C=NN/C=C(\C)Cn1ncc2ncc(-c3ccc(F)c(C(F)F)c3)cc21. The second-order valence-electron chi connectivity index (χ2n) is 5.75. The molecular weight excluding hydrogens is 343 g/mol. The lowest BCUT2D eigenvalue weighted by Gasteiger charge is -2.08. The van der Waals surface area contributed by atoms with Crippen molar-refractivity contribution in [3.63, 3.8) is 0 Å². The van der Waals surface area contributed by atoms with Crippen molar-refractivity contribution < 1.29 is 13.2 Å². The van der Waals surface area contributed by atoms with Crippen LogP contribution in [0.5, 0.6) is 0 Å². The van der Waals surface area contributed by atoms with Crippen molar-refractivity contribution >= 4 is 17.8 Å². The highest BCUT2D eigenvalue weighted by Crippen LogP contribution is 2.29. The highest BCUT2D eigenvalue weighted by Gasteiger charge is 2.15. The van der Waals surface area contributed by atoms with Crippen molar-refractivity contribution in [2.75, 3.05) is 0 Å². The van der Waals surface area contributed by atoms with Crippen molar-refractivity contribution in [2.45, 2.75) is 19.9 Å². The van der Waals surface area contributed by atoms with Crippen LogP contribution in [-0.4, -0.2) is 21.5 Å². The molecule has 5 nitrogen and oxygen atoms in total. The van der Waals surface area contributed by atoms with Gasteiger partial charge in [-0.1, -0.05) is 6.07 Å². The van der Waals surface area contributed by atoms with E-state index in [-0.39, 0.29) is 0 Å².